The first-order chi connectivity index (χ1) is 10.1. The molecule has 0 radical (unpaired) electrons. The molecule has 1 N–H and O–H groups in total. The van der Waals surface area contributed by atoms with Crippen LogP contribution in [0.4, 0.5) is 0 Å². The number of rotatable bonds is 6. The van der Waals surface area contributed by atoms with Crippen molar-refractivity contribution in [3.05, 3.63) is 82.9 Å². The fraction of sp³-hybridized carbons (Fsp3) is 0.263. The molecule has 2 heteroatoms. The summed E-state index contributed by atoms with van der Waals surface area (Å²) in [6, 6.07) is 17.8. The Labute approximate surface area is 131 Å². The van der Waals surface area contributed by atoms with E-state index in [1.165, 1.54) is 0 Å². The first kappa shape index (κ1) is 15.8. The van der Waals surface area contributed by atoms with Crippen molar-refractivity contribution in [3.8, 4) is 0 Å². The lowest BCUT2D eigenvalue weighted by molar-refractivity contribution is 0.142. The second kappa shape index (κ2) is 7.44. The van der Waals surface area contributed by atoms with E-state index in [4.69, 9.17) is 11.6 Å². The highest BCUT2D eigenvalue weighted by molar-refractivity contribution is 6.30. The molecule has 0 aliphatic rings. The van der Waals surface area contributed by atoms with Gasteiger partial charge in [-0.25, -0.2) is 0 Å². The van der Waals surface area contributed by atoms with Crippen LogP contribution in [0.3, 0.4) is 0 Å². The number of hydrogen-bond acceptors (Lipinski definition) is 1. The fourth-order valence-electron chi connectivity index (χ4n) is 2.56. The third kappa shape index (κ3) is 4.73. The number of benzene rings is 2. The molecule has 2 aromatic carbocycles. The molecule has 2 aromatic rings. The lowest BCUT2D eigenvalue weighted by atomic mass is 9.85. The van der Waals surface area contributed by atoms with Crippen LogP contribution < -0.4 is 0 Å². The molecule has 0 aromatic heterocycles. The molecule has 2 atom stereocenters. The number of aliphatic hydroxyl groups excluding tert-OH is 1. The summed E-state index contributed by atoms with van der Waals surface area (Å²) in [5.41, 5.74) is 3.32. The molecule has 0 spiro atoms. The van der Waals surface area contributed by atoms with Crippen LogP contribution in [0.25, 0.3) is 0 Å². The van der Waals surface area contributed by atoms with Gasteiger partial charge in [0, 0.05) is 10.9 Å². The first-order valence-corrected chi connectivity index (χ1v) is 7.56. The van der Waals surface area contributed by atoms with E-state index in [1.54, 1.807) is 0 Å². The van der Waals surface area contributed by atoms with Gasteiger partial charge in [0.2, 0.25) is 0 Å². The molecule has 21 heavy (non-hydrogen) atoms. The summed E-state index contributed by atoms with van der Waals surface area (Å²) >= 11 is 5.95. The van der Waals surface area contributed by atoms with Crippen molar-refractivity contribution >= 4 is 11.6 Å². The standard InChI is InChI=1S/C19H21ClO/c1-14(2)12-18(16-8-10-17(20)11-9-16)19(21)13-15-6-4-3-5-7-15/h3-11,18-19,21H,1,12-13H2,2H3/t18-,19-/m0/s1. The molecule has 0 saturated heterocycles. The summed E-state index contributed by atoms with van der Waals surface area (Å²) in [4.78, 5) is 0. The molecule has 1 nitrogen and oxygen atoms in total. The van der Waals surface area contributed by atoms with E-state index in [0.29, 0.717) is 11.4 Å². The van der Waals surface area contributed by atoms with Gasteiger partial charge in [0.25, 0.3) is 0 Å². The SMILES string of the molecule is C=C(C)C[C@@H](c1ccc(Cl)cc1)[C@@H](O)Cc1ccccc1. The van der Waals surface area contributed by atoms with Crippen molar-refractivity contribution in [3.63, 3.8) is 0 Å². The van der Waals surface area contributed by atoms with E-state index in [0.717, 1.165) is 23.1 Å². The number of aliphatic hydroxyl groups is 1. The molecule has 2 rings (SSSR count). The van der Waals surface area contributed by atoms with Crippen LogP contribution in [0.15, 0.2) is 66.7 Å². The normalized spacial score (nSPS) is 13.7. The van der Waals surface area contributed by atoms with E-state index in [9.17, 15) is 5.11 Å². The second-order valence-electron chi connectivity index (χ2n) is 5.58. The predicted octanol–water partition coefficient (Wildman–Crippen LogP) is 4.99. The van der Waals surface area contributed by atoms with E-state index < -0.39 is 6.10 Å². The van der Waals surface area contributed by atoms with Crippen molar-refractivity contribution in [2.24, 2.45) is 0 Å². The Morgan fingerprint density at radius 1 is 1.10 bits per heavy atom. The average Bonchev–Trinajstić information content (AvgIpc) is 2.46. The van der Waals surface area contributed by atoms with Crippen LogP contribution in [0, 0.1) is 0 Å². The zero-order valence-corrected chi connectivity index (χ0v) is 13.1. The molecule has 0 heterocycles. The van der Waals surface area contributed by atoms with Crippen LogP contribution in [-0.4, -0.2) is 11.2 Å². The Bertz CT molecular complexity index is 574. The quantitative estimate of drug-likeness (QED) is 0.745. The number of hydrogen-bond donors (Lipinski definition) is 1. The largest absolute Gasteiger partial charge is 0.392 e. The molecule has 0 saturated carbocycles. The number of allylic oxidation sites excluding steroid dienone is 1. The summed E-state index contributed by atoms with van der Waals surface area (Å²) in [5, 5.41) is 11.4. The van der Waals surface area contributed by atoms with E-state index in [1.807, 2.05) is 61.5 Å². The fourth-order valence-corrected chi connectivity index (χ4v) is 2.69. The highest BCUT2D eigenvalue weighted by atomic mass is 35.5. The van der Waals surface area contributed by atoms with E-state index in [2.05, 4.69) is 6.58 Å². The van der Waals surface area contributed by atoms with Gasteiger partial charge in [-0.1, -0.05) is 59.6 Å². The van der Waals surface area contributed by atoms with Crippen LogP contribution in [0.1, 0.15) is 30.4 Å². The third-order valence-electron chi connectivity index (χ3n) is 3.62. The Hall–Kier alpha value is -1.57. The van der Waals surface area contributed by atoms with Crippen LogP contribution in [0.5, 0.6) is 0 Å². The van der Waals surface area contributed by atoms with Crippen molar-refractivity contribution in [1.29, 1.82) is 0 Å². The van der Waals surface area contributed by atoms with Crippen molar-refractivity contribution in [2.75, 3.05) is 0 Å². The molecule has 0 aliphatic carbocycles. The lowest BCUT2D eigenvalue weighted by Crippen LogP contribution is -2.21. The summed E-state index contributed by atoms with van der Waals surface area (Å²) < 4.78 is 0. The van der Waals surface area contributed by atoms with Crippen LogP contribution in [-0.2, 0) is 6.42 Å². The van der Waals surface area contributed by atoms with Gasteiger partial charge in [0.1, 0.15) is 0 Å². The van der Waals surface area contributed by atoms with Gasteiger partial charge in [-0.05, 0) is 43.0 Å². The second-order valence-corrected chi connectivity index (χ2v) is 6.01. The molecule has 0 bridgehead atoms. The van der Waals surface area contributed by atoms with Crippen LogP contribution >= 0.6 is 11.6 Å². The third-order valence-corrected chi connectivity index (χ3v) is 3.87. The maximum Gasteiger partial charge on any atom is 0.0652 e. The smallest absolute Gasteiger partial charge is 0.0652 e. The maximum atomic E-state index is 10.7. The summed E-state index contributed by atoms with van der Waals surface area (Å²) in [6.45, 7) is 5.99. The zero-order valence-electron chi connectivity index (χ0n) is 12.3. The molecule has 110 valence electrons. The molecule has 0 fully saturated rings. The predicted molar refractivity (Wildman–Crippen MR) is 89.8 cm³/mol. The molecule has 0 unspecified atom stereocenters. The Morgan fingerprint density at radius 2 is 1.71 bits per heavy atom. The van der Waals surface area contributed by atoms with Crippen molar-refractivity contribution < 1.29 is 5.11 Å². The minimum atomic E-state index is -0.440. The van der Waals surface area contributed by atoms with Crippen molar-refractivity contribution in [1.82, 2.24) is 0 Å². The van der Waals surface area contributed by atoms with Gasteiger partial charge >= 0.3 is 0 Å². The highest BCUT2D eigenvalue weighted by Crippen LogP contribution is 2.29. The van der Waals surface area contributed by atoms with E-state index in [-0.39, 0.29) is 5.92 Å². The summed E-state index contributed by atoms with van der Waals surface area (Å²) in [5.74, 6) is 0.0416. The van der Waals surface area contributed by atoms with Gasteiger partial charge in [0.05, 0.1) is 6.10 Å². The van der Waals surface area contributed by atoms with Gasteiger partial charge in [0.15, 0.2) is 0 Å². The Morgan fingerprint density at radius 3 is 2.29 bits per heavy atom. The van der Waals surface area contributed by atoms with Gasteiger partial charge in [-0.15, -0.1) is 6.58 Å². The molecule has 0 aliphatic heterocycles. The maximum absolute atomic E-state index is 10.7. The minimum absolute atomic E-state index is 0.0416. The first-order valence-electron chi connectivity index (χ1n) is 7.18. The summed E-state index contributed by atoms with van der Waals surface area (Å²) in [7, 11) is 0. The Balaban J connectivity index is 2.18. The van der Waals surface area contributed by atoms with Crippen molar-refractivity contribution in [2.45, 2.75) is 31.8 Å². The van der Waals surface area contributed by atoms with Gasteiger partial charge < -0.3 is 5.11 Å². The minimum Gasteiger partial charge on any atom is -0.392 e. The topological polar surface area (TPSA) is 20.2 Å². The van der Waals surface area contributed by atoms with Crippen LogP contribution in [0.2, 0.25) is 5.02 Å². The molecular formula is C19H21ClO. The molecular weight excluding hydrogens is 280 g/mol. The average molecular weight is 301 g/mol. The molecule has 0 amide bonds. The zero-order chi connectivity index (χ0) is 15.2. The van der Waals surface area contributed by atoms with Gasteiger partial charge in [-0.3, -0.25) is 0 Å². The summed E-state index contributed by atoms with van der Waals surface area (Å²) in [6.07, 6.45) is 0.974. The number of halogens is 1. The van der Waals surface area contributed by atoms with E-state index >= 15 is 0 Å². The van der Waals surface area contributed by atoms with Gasteiger partial charge in [-0.2, -0.15) is 0 Å². The Kier molecular flexibility index (Phi) is 5.60. The highest BCUT2D eigenvalue weighted by Gasteiger charge is 2.21. The lowest BCUT2D eigenvalue weighted by Gasteiger charge is -2.24. The monoisotopic (exact) mass is 300 g/mol.